The first-order chi connectivity index (χ1) is 33.6. The van der Waals surface area contributed by atoms with Crippen molar-refractivity contribution < 1.29 is 82.9 Å². The van der Waals surface area contributed by atoms with Crippen LogP contribution in [0.4, 0.5) is 5.69 Å². The fourth-order valence-corrected chi connectivity index (χ4v) is 7.29. The second-order valence-corrected chi connectivity index (χ2v) is 17.6. The Balaban J connectivity index is 2.32. The van der Waals surface area contributed by atoms with Gasteiger partial charge in [-0.05, 0) is 56.6 Å². The first-order valence-electron chi connectivity index (χ1n) is 22.9. The standard InChI is InChI=1S/C44H64N10O18/c1-8-17-53(43(69)25-11-13-26(14-12-25)54(71)72)51-40(66)30-10-9-18-52(30)44(70)35(22(4)5)49-41(67)34(21(2)3)48-39(65)29(20-33(61)62)47-37(63)27(15-16-31(57)58)46-42(68)36(23(6)55)50-38(64)28(19-32(59)60)45-24(7)56/h11-14,21-23,27-30,34-36,55H,8-10,15-20H2,1-7H3,(H,45,56)(H,46,68)(H,47,63)(H,48,65)(H,49,67)(H,50,64)(H,51,66)(H,57,58)(H,59,60)(H,61,62)/t23-,27+,28+,29+,30+,34+,35+,36+/m1/s1. The summed E-state index contributed by atoms with van der Waals surface area (Å²) in [6.07, 6.45) is -4.36. The normalized spacial score (nSPS) is 16.0. The summed E-state index contributed by atoms with van der Waals surface area (Å²) in [6, 6.07) is -6.72. The summed E-state index contributed by atoms with van der Waals surface area (Å²) in [5.41, 5.74) is 2.35. The van der Waals surface area contributed by atoms with Gasteiger partial charge in [-0.1, -0.05) is 34.6 Å². The van der Waals surface area contributed by atoms with E-state index in [1.54, 1.807) is 20.8 Å². The number of carboxylic acids is 3. The van der Waals surface area contributed by atoms with Crippen LogP contribution < -0.4 is 37.3 Å². The van der Waals surface area contributed by atoms with Crippen molar-refractivity contribution in [1.82, 2.24) is 47.2 Å². The Morgan fingerprint density at radius 3 is 1.65 bits per heavy atom. The van der Waals surface area contributed by atoms with Crippen molar-refractivity contribution in [3.8, 4) is 0 Å². The summed E-state index contributed by atoms with van der Waals surface area (Å²) >= 11 is 0. The fraction of sp³-hybridized carbons (Fsp3) is 0.591. The lowest BCUT2D eigenvalue weighted by molar-refractivity contribution is -0.384. The van der Waals surface area contributed by atoms with Crippen molar-refractivity contribution in [2.75, 3.05) is 13.1 Å². The minimum absolute atomic E-state index is 0.0432. The summed E-state index contributed by atoms with van der Waals surface area (Å²) in [4.78, 5) is 167. The maximum Gasteiger partial charge on any atom is 0.305 e. The number of rotatable bonds is 27. The third-order valence-electron chi connectivity index (χ3n) is 11.0. The number of carbonyl (C=O) groups excluding carboxylic acids is 9. The van der Waals surface area contributed by atoms with Gasteiger partial charge in [0.05, 0.1) is 23.9 Å². The van der Waals surface area contributed by atoms with Gasteiger partial charge < -0.3 is 57.2 Å². The van der Waals surface area contributed by atoms with E-state index in [1.165, 1.54) is 30.9 Å². The monoisotopic (exact) mass is 1020 g/mol. The average Bonchev–Trinajstić information content (AvgIpc) is 3.79. The van der Waals surface area contributed by atoms with E-state index >= 15 is 0 Å². The molecule has 0 spiro atoms. The number of aliphatic hydroxyl groups excluding tert-OH is 1. The van der Waals surface area contributed by atoms with Crippen molar-refractivity contribution in [3.63, 3.8) is 0 Å². The van der Waals surface area contributed by atoms with Gasteiger partial charge >= 0.3 is 17.9 Å². The highest BCUT2D eigenvalue weighted by molar-refractivity contribution is 6.00. The Hall–Kier alpha value is -7.78. The number of benzene rings is 1. The summed E-state index contributed by atoms with van der Waals surface area (Å²) in [6.45, 7) is 10.1. The summed E-state index contributed by atoms with van der Waals surface area (Å²) in [7, 11) is 0. The number of amides is 9. The van der Waals surface area contributed by atoms with Crippen LogP contribution in [0.1, 0.15) is 104 Å². The van der Waals surface area contributed by atoms with Crippen LogP contribution in [-0.4, -0.2) is 168 Å². The number of hydrogen-bond donors (Lipinski definition) is 11. The number of carboxylic acid groups (broad SMARTS) is 3. The molecule has 1 aliphatic rings. The van der Waals surface area contributed by atoms with Crippen LogP contribution in [0, 0.1) is 22.0 Å². The van der Waals surface area contributed by atoms with Gasteiger partial charge in [0.25, 0.3) is 17.5 Å². The number of nitro benzene ring substituents is 1. The van der Waals surface area contributed by atoms with Crippen LogP contribution in [0.15, 0.2) is 24.3 Å². The van der Waals surface area contributed by atoms with E-state index in [2.05, 4.69) is 37.3 Å². The van der Waals surface area contributed by atoms with E-state index in [-0.39, 0.29) is 30.8 Å². The average molecular weight is 1020 g/mol. The molecular formula is C44H64N10O18. The predicted octanol–water partition coefficient (Wildman–Crippen LogP) is -2.10. The highest BCUT2D eigenvalue weighted by atomic mass is 16.6. The number of nitrogens with one attached hydrogen (secondary N) is 7. The van der Waals surface area contributed by atoms with Gasteiger partial charge in [0.15, 0.2) is 0 Å². The molecule has 1 aromatic rings. The maximum absolute atomic E-state index is 14.2. The van der Waals surface area contributed by atoms with E-state index in [0.717, 1.165) is 31.0 Å². The molecular weight excluding hydrogens is 957 g/mol. The molecule has 0 unspecified atom stereocenters. The largest absolute Gasteiger partial charge is 0.481 e. The molecule has 0 aliphatic carbocycles. The molecule has 28 nitrogen and oxygen atoms in total. The summed E-state index contributed by atoms with van der Waals surface area (Å²) in [5.74, 6) is -15.0. The topological polar surface area (TPSA) is 420 Å². The third kappa shape index (κ3) is 18.5. The van der Waals surface area contributed by atoms with Gasteiger partial charge in [-0.15, -0.1) is 0 Å². The lowest BCUT2D eigenvalue weighted by atomic mass is 9.98. The number of nitro groups is 1. The van der Waals surface area contributed by atoms with Gasteiger partial charge in [0.1, 0.15) is 42.3 Å². The molecule has 11 N–H and O–H groups in total. The van der Waals surface area contributed by atoms with Crippen LogP contribution in [0.25, 0.3) is 0 Å². The molecule has 1 aromatic carbocycles. The summed E-state index contributed by atoms with van der Waals surface area (Å²) in [5, 5.41) is 64.1. The zero-order chi connectivity index (χ0) is 54.7. The molecule has 1 fully saturated rings. The second kappa shape index (κ2) is 28.2. The molecule has 72 heavy (non-hydrogen) atoms. The molecule has 9 amide bonds. The van der Waals surface area contributed by atoms with Crippen molar-refractivity contribution in [2.45, 2.75) is 142 Å². The van der Waals surface area contributed by atoms with E-state index in [9.17, 15) is 88.1 Å². The Labute approximate surface area is 412 Å². The van der Waals surface area contributed by atoms with Crippen LogP contribution in [0.3, 0.4) is 0 Å². The molecule has 0 radical (unpaired) electrons. The van der Waals surface area contributed by atoms with E-state index in [1.807, 2.05) is 0 Å². The Morgan fingerprint density at radius 1 is 0.694 bits per heavy atom. The molecule has 28 heteroatoms. The maximum atomic E-state index is 14.2. The van der Waals surface area contributed by atoms with Crippen LogP contribution in [-0.2, 0) is 52.7 Å². The Kier molecular flexibility index (Phi) is 23.6. The van der Waals surface area contributed by atoms with Gasteiger partial charge in [-0.3, -0.25) is 73.1 Å². The lowest BCUT2D eigenvalue weighted by Crippen LogP contribution is -2.62. The van der Waals surface area contributed by atoms with Crippen molar-refractivity contribution >= 4 is 76.8 Å². The molecule has 8 atom stereocenters. The fourth-order valence-electron chi connectivity index (χ4n) is 7.29. The zero-order valence-electron chi connectivity index (χ0n) is 40.8. The summed E-state index contributed by atoms with van der Waals surface area (Å²) < 4.78 is 0. The predicted molar refractivity (Wildman–Crippen MR) is 247 cm³/mol. The van der Waals surface area contributed by atoms with Gasteiger partial charge in [-0.2, -0.15) is 0 Å². The van der Waals surface area contributed by atoms with Crippen molar-refractivity contribution in [3.05, 3.63) is 39.9 Å². The number of carbonyl (C=O) groups is 12. The zero-order valence-corrected chi connectivity index (χ0v) is 40.8. The molecule has 398 valence electrons. The minimum atomic E-state index is -2.00. The number of aliphatic hydroxyl groups is 1. The smallest absolute Gasteiger partial charge is 0.305 e. The van der Waals surface area contributed by atoms with Gasteiger partial charge in [-0.25, -0.2) is 5.01 Å². The van der Waals surface area contributed by atoms with E-state index < -0.39 is 162 Å². The Bertz CT molecular complexity index is 2190. The number of aliphatic carboxylic acids is 3. The van der Waals surface area contributed by atoms with Gasteiger partial charge in [0, 0.05) is 44.1 Å². The first kappa shape index (κ1) is 60.3. The molecule has 1 aliphatic heterocycles. The first-order valence-corrected chi connectivity index (χ1v) is 22.9. The van der Waals surface area contributed by atoms with Crippen LogP contribution in [0.5, 0.6) is 0 Å². The van der Waals surface area contributed by atoms with E-state index in [0.29, 0.717) is 12.8 Å². The minimum Gasteiger partial charge on any atom is -0.481 e. The number of hydrogen-bond acceptors (Lipinski definition) is 15. The van der Waals surface area contributed by atoms with Gasteiger partial charge in [0.2, 0.25) is 41.4 Å². The van der Waals surface area contributed by atoms with Crippen LogP contribution >= 0.6 is 0 Å². The highest BCUT2D eigenvalue weighted by Crippen LogP contribution is 2.22. The molecule has 2 rings (SSSR count). The van der Waals surface area contributed by atoms with Crippen LogP contribution in [0.2, 0.25) is 0 Å². The number of likely N-dealkylation sites (tertiary alicyclic amines) is 1. The molecule has 1 saturated heterocycles. The number of hydrazine groups is 1. The molecule has 0 bridgehead atoms. The molecule has 0 saturated carbocycles. The number of non-ortho nitro benzene ring substituents is 1. The molecule has 1 heterocycles. The van der Waals surface area contributed by atoms with E-state index in [4.69, 9.17) is 0 Å². The Morgan fingerprint density at radius 2 is 1.18 bits per heavy atom. The lowest BCUT2D eigenvalue weighted by Gasteiger charge is -2.33. The quantitative estimate of drug-likeness (QED) is 0.0332. The second-order valence-electron chi connectivity index (χ2n) is 17.6. The van der Waals surface area contributed by atoms with Crippen molar-refractivity contribution in [2.24, 2.45) is 11.8 Å². The molecule has 0 aromatic heterocycles. The highest BCUT2D eigenvalue weighted by Gasteiger charge is 2.41. The van der Waals surface area contributed by atoms with Crippen molar-refractivity contribution in [1.29, 1.82) is 0 Å². The third-order valence-corrected chi connectivity index (χ3v) is 11.0. The SMILES string of the molecule is CCCN(NC(=O)[C@@H]1CCCN1C(=O)[C@@H](NC(=O)[C@@H](NC(=O)[C@H](CC(=O)O)NC(=O)[C@H](CCC(=O)O)NC(=O)[C@@H](NC(=O)[C@H](CC(=O)O)NC(C)=O)[C@@H](C)O)C(C)C)C(C)C)C(=O)c1ccc([N+](=O)[O-])cc1. The number of nitrogens with zero attached hydrogens (tertiary/aromatic N) is 3.